The number of hydrogen-bond acceptors (Lipinski definition) is 4. The molecule has 5 heteroatoms. The Morgan fingerprint density at radius 3 is 2.93 bits per heavy atom. The Kier molecular flexibility index (Phi) is 5.42. The third-order valence-electron chi connectivity index (χ3n) is 5.08. The second-order valence-electron chi connectivity index (χ2n) is 7.14. The monoisotopic (exact) mass is 375 g/mol. The van der Waals surface area contributed by atoms with Crippen molar-refractivity contribution < 1.29 is 9.53 Å². The van der Waals surface area contributed by atoms with E-state index in [-0.39, 0.29) is 12.5 Å². The zero-order chi connectivity index (χ0) is 19.3. The van der Waals surface area contributed by atoms with Gasteiger partial charge in [-0.25, -0.2) is 0 Å². The molecule has 3 aromatic rings. The van der Waals surface area contributed by atoms with Crippen molar-refractivity contribution in [3.05, 3.63) is 65.9 Å². The number of pyridine rings is 1. The van der Waals surface area contributed by atoms with Crippen LogP contribution in [0, 0.1) is 6.92 Å². The number of carbonyl (C=O) groups is 1. The first kappa shape index (κ1) is 18.3. The molecule has 2 heterocycles. The lowest BCUT2D eigenvalue weighted by Crippen LogP contribution is -2.32. The molecule has 0 saturated carbocycles. The van der Waals surface area contributed by atoms with E-state index in [0.29, 0.717) is 12.3 Å². The van der Waals surface area contributed by atoms with Gasteiger partial charge in [0.15, 0.2) is 6.61 Å². The maximum absolute atomic E-state index is 12.2. The van der Waals surface area contributed by atoms with Crippen LogP contribution >= 0.6 is 0 Å². The number of carbonyl (C=O) groups excluding carboxylic acids is 1. The van der Waals surface area contributed by atoms with Gasteiger partial charge in [-0.3, -0.25) is 9.78 Å². The molecule has 1 amide bonds. The van der Waals surface area contributed by atoms with Crippen LogP contribution in [-0.2, 0) is 11.2 Å². The van der Waals surface area contributed by atoms with Gasteiger partial charge in [0.05, 0.1) is 5.52 Å². The van der Waals surface area contributed by atoms with Crippen LogP contribution in [0.5, 0.6) is 5.75 Å². The second-order valence-corrected chi connectivity index (χ2v) is 7.14. The van der Waals surface area contributed by atoms with Crippen molar-refractivity contribution in [1.29, 1.82) is 0 Å². The average Bonchev–Trinajstić information content (AvgIpc) is 3.12. The van der Waals surface area contributed by atoms with E-state index in [1.165, 1.54) is 11.3 Å². The topological polar surface area (TPSA) is 54.5 Å². The summed E-state index contributed by atoms with van der Waals surface area (Å²) in [4.78, 5) is 19.1. The lowest BCUT2D eigenvalue weighted by Gasteiger charge is -2.19. The van der Waals surface area contributed by atoms with Crippen LogP contribution in [-0.4, -0.2) is 37.1 Å². The van der Waals surface area contributed by atoms with Crippen molar-refractivity contribution in [3.63, 3.8) is 0 Å². The molecule has 0 saturated heterocycles. The summed E-state index contributed by atoms with van der Waals surface area (Å²) < 4.78 is 5.78. The fourth-order valence-corrected chi connectivity index (χ4v) is 3.72. The number of ether oxygens (including phenoxy) is 1. The highest BCUT2D eigenvalue weighted by atomic mass is 16.5. The molecule has 4 rings (SSSR count). The van der Waals surface area contributed by atoms with Crippen LogP contribution in [0.1, 0.15) is 17.7 Å². The minimum absolute atomic E-state index is 0.0139. The van der Waals surface area contributed by atoms with E-state index in [4.69, 9.17) is 4.74 Å². The summed E-state index contributed by atoms with van der Waals surface area (Å²) in [6.07, 6.45) is 2.02. The second kappa shape index (κ2) is 8.30. The summed E-state index contributed by atoms with van der Waals surface area (Å²) >= 11 is 0. The SMILES string of the molecule is Cc1cc(OCC(=O)NCCCN2CCc3ccccc32)c2ccccc2n1. The Morgan fingerprint density at radius 1 is 1.18 bits per heavy atom. The predicted octanol–water partition coefficient (Wildman–Crippen LogP) is 3.49. The molecule has 1 aliphatic rings. The third kappa shape index (κ3) is 4.09. The lowest BCUT2D eigenvalue weighted by molar-refractivity contribution is -0.123. The number of hydrogen-bond donors (Lipinski definition) is 1. The van der Waals surface area contributed by atoms with Crippen LogP contribution in [0.4, 0.5) is 5.69 Å². The van der Waals surface area contributed by atoms with Crippen LogP contribution in [0.25, 0.3) is 10.9 Å². The van der Waals surface area contributed by atoms with E-state index in [2.05, 4.69) is 39.5 Å². The number of rotatable bonds is 7. The van der Waals surface area contributed by atoms with Gasteiger partial charge in [0.1, 0.15) is 5.75 Å². The molecule has 1 aliphatic heterocycles. The van der Waals surface area contributed by atoms with Crippen molar-refractivity contribution in [3.8, 4) is 5.75 Å². The Bertz CT molecular complexity index is 986. The molecule has 0 bridgehead atoms. The molecular formula is C23H25N3O2. The standard InChI is InChI=1S/C23H25N3O2/c1-17-15-22(19-8-3-4-9-20(19)25-17)28-16-23(27)24-12-6-13-26-14-11-18-7-2-5-10-21(18)26/h2-5,7-10,15H,6,11-14,16H2,1H3,(H,24,27). The van der Waals surface area contributed by atoms with Gasteiger partial charge in [0, 0.05) is 42.5 Å². The molecule has 0 fully saturated rings. The number of para-hydroxylation sites is 2. The highest BCUT2D eigenvalue weighted by Crippen LogP contribution is 2.27. The normalized spacial score (nSPS) is 12.8. The van der Waals surface area contributed by atoms with E-state index in [1.807, 2.05) is 37.3 Å². The minimum Gasteiger partial charge on any atom is -0.483 e. The van der Waals surface area contributed by atoms with Crippen LogP contribution < -0.4 is 15.0 Å². The fourth-order valence-electron chi connectivity index (χ4n) is 3.72. The maximum Gasteiger partial charge on any atom is 0.257 e. The summed E-state index contributed by atoms with van der Waals surface area (Å²) in [6.45, 7) is 4.60. The fraction of sp³-hybridized carbons (Fsp3) is 0.304. The van der Waals surface area contributed by atoms with Crippen LogP contribution in [0.2, 0.25) is 0 Å². The van der Waals surface area contributed by atoms with Gasteiger partial charge in [-0.15, -0.1) is 0 Å². The summed E-state index contributed by atoms with van der Waals surface area (Å²) in [5.74, 6) is 0.604. The van der Waals surface area contributed by atoms with Gasteiger partial charge in [0.25, 0.3) is 5.91 Å². The molecule has 144 valence electrons. The number of aryl methyl sites for hydroxylation is 1. The zero-order valence-electron chi connectivity index (χ0n) is 16.1. The molecule has 0 radical (unpaired) electrons. The smallest absolute Gasteiger partial charge is 0.257 e. The molecule has 1 aromatic heterocycles. The molecule has 0 aliphatic carbocycles. The van der Waals surface area contributed by atoms with Gasteiger partial charge in [-0.05, 0) is 43.5 Å². The summed E-state index contributed by atoms with van der Waals surface area (Å²) in [7, 11) is 0. The van der Waals surface area contributed by atoms with E-state index < -0.39 is 0 Å². The van der Waals surface area contributed by atoms with Gasteiger partial charge in [0.2, 0.25) is 0 Å². The molecule has 2 aromatic carbocycles. The number of nitrogens with zero attached hydrogens (tertiary/aromatic N) is 2. The first-order chi connectivity index (χ1) is 13.7. The Hall–Kier alpha value is -3.08. The molecule has 5 nitrogen and oxygen atoms in total. The van der Waals surface area contributed by atoms with Crippen molar-refractivity contribution in [1.82, 2.24) is 10.3 Å². The molecule has 0 spiro atoms. The van der Waals surface area contributed by atoms with Crippen molar-refractivity contribution in [2.75, 3.05) is 31.1 Å². The Balaban J connectivity index is 1.24. The van der Waals surface area contributed by atoms with E-state index in [0.717, 1.165) is 42.5 Å². The van der Waals surface area contributed by atoms with Gasteiger partial charge >= 0.3 is 0 Å². The Morgan fingerprint density at radius 2 is 2.00 bits per heavy atom. The number of benzene rings is 2. The molecular weight excluding hydrogens is 350 g/mol. The average molecular weight is 375 g/mol. The number of amides is 1. The molecule has 1 N–H and O–H groups in total. The predicted molar refractivity (Wildman–Crippen MR) is 112 cm³/mol. The lowest BCUT2D eigenvalue weighted by atomic mass is 10.2. The molecule has 0 unspecified atom stereocenters. The number of fused-ring (bicyclic) bond motifs is 2. The number of anilines is 1. The van der Waals surface area contributed by atoms with Crippen molar-refractivity contribution in [2.24, 2.45) is 0 Å². The van der Waals surface area contributed by atoms with Gasteiger partial charge in [-0.1, -0.05) is 30.3 Å². The van der Waals surface area contributed by atoms with E-state index in [1.54, 1.807) is 0 Å². The summed E-state index contributed by atoms with van der Waals surface area (Å²) in [5.41, 5.74) is 4.50. The van der Waals surface area contributed by atoms with E-state index in [9.17, 15) is 4.79 Å². The zero-order valence-corrected chi connectivity index (χ0v) is 16.1. The third-order valence-corrected chi connectivity index (χ3v) is 5.08. The highest BCUT2D eigenvalue weighted by molar-refractivity contribution is 5.86. The van der Waals surface area contributed by atoms with Crippen molar-refractivity contribution in [2.45, 2.75) is 19.8 Å². The van der Waals surface area contributed by atoms with Gasteiger partial charge in [-0.2, -0.15) is 0 Å². The van der Waals surface area contributed by atoms with Crippen LogP contribution in [0.15, 0.2) is 54.6 Å². The first-order valence-corrected chi connectivity index (χ1v) is 9.79. The minimum atomic E-state index is -0.0969. The summed E-state index contributed by atoms with van der Waals surface area (Å²) in [6, 6.07) is 18.2. The number of aromatic nitrogens is 1. The quantitative estimate of drug-likeness (QED) is 0.642. The molecule has 0 atom stereocenters. The maximum atomic E-state index is 12.2. The van der Waals surface area contributed by atoms with Crippen LogP contribution in [0.3, 0.4) is 0 Å². The number of nitrogens with one attached hydrogen (secondary N) is 1. The van der Waals surface area contributed by atoms with Crippen molar-refractivity contribution >= 4 is 22.5 Å². The largest absolute Gasteiger partial charge is 0.483 e. The molecule has 28 heavy (non-hydrogen) atoms. The summed E-state index contributed by atoms with van der Waals surface area (Å²) in [5, 5.41) is 3.88. The Labute approximate surface area is 165 Å². The first-order valence-electron chi connectivity index (χ1n) is 9.79. The van der Waals surface area contributed by atoms with Gasteiger partial charge < -0.3 is 15.0 Å². The highest BCUT2D eigenvalue weighted by Gasteiger charge is 2.17. The van der Waals surface area contributed by atoms with E-state index >= 15 is 0 Å².